The van der Waals surface area contributed by atoms with Crippen molar-refractivity contribution in [3.05, 3.63) is 78.5 Å². The van der Waals surface area contributed by atoms with Crippen LogP contribution in [-0.2, 0) is 4.74 Å². The van der Waals surface area contributed by atoms with E-state index in [1.165, 1.54) is 16.3 Å². The monoisotopic (exact) mass is 435 g/mol. The zero-order valence-electron chi connectivity index (χ0n) is 18.5. The molecule has 164 valence electrons. The Kier molecular flexibility index (Phi) is 5.00. The summed E-state index contributed by atoms with van der Waals surface area (Å²) >= 11 is 0. The molecule has 0 saturated carbocycles. The highest BCUT2D eigenvalue weighted by atomic mass is 16.5. The number of rotatable bonds is 4. The Morgan fingerprint density at radius 2 is 1.76 bits per heavy atom. The van der Waals surface area contributed by atoms with E-state index in [0.717, 1.165) is 54.3 Å². The fourth-order valence-corrected chi connectivity index (χ4v) is 4.51. The smallest absolute Gasteiger partial charge is 0.224 e. The van der Waals surface area contributed by atoms with Gasteiger partial charge in [0.15, 0.2) is 0 Å². The average Bonchev–Trinajstić information content (AvgIpc) is 3.23. The van der Waals surface area contributed by atoms with E-state index < -0.39 is 0 Å². The molecule has 0 aliphatic carbocycles. The molecule has 3 heterocycles. The number of hydrogen-bond donors (Lipinski definition) is 1. The van der Waals surface area contributed by atoms with Crippen LogP contribution >= 0.6 is 0 Å². The van der Waals surface area contributed by atoms with Crippen molar-refractivity contribution in [2.24, 2.45) is 0 Å². The Hall–Kier alpha value is -3.77. The summed E-state index contributed by atoms with van der Waals surface area (Å²) < 4.78 is 7.62. The number of nitrogens with one attached hydrogen (secondary N) is 1. The van der Waals surface area contributed by atoms with Gasteiger partial charge in [0, 0.05) is 31.0 Å². The maximum Gasteiger partial charge on any atom is 0.224 e. The molecule has 1 aliphatic rings. The van der Waals surface area contributed by atoms with E-state index in [4.69, 9.17) is 14.7 Å². The summed E-state index contributed by atoms with van der Waals surface area (Å²) in [5.41, 5.74) is 4.22. The molecule has 5 aromatic rings. The van der Waals surface area contributed by atoms with Crippen molar-refractivity contribution >= 4 is 27.8 Å². The van der Waals surface area contributed by atoms with Crippen molar-refractivity contribution in [2.45, 2.75) is 25.8 Å². The predicted octanol–water partition coefficient (Wildman–Crippen LogP) is 5.54. The number of nitrogens with zero attached hydrogens (tertiary/aromatic N) is 4. The minimum atomic E-state index is 0.329. The third-order valence-electron chi connectivity index (χ3n) is 6.24. The largest absolute Gasteiger partial charge is 0.381 e. The fourth-order valence-electron chi connectivity index (χ4n) is 4.51. The minimum Gasteiger partial charge on any atom is -0.381 e. The van der Waals surface area contributed by atoms with E-state index in [9.17, 15) is 0 Å². The lowest BCUT2D eigenvalue weighted by atomic mass is 10.1. The number of benzene rings is 3. The molecule has 0 amide bonds. The Bertz CT molecular complexity index is 1450. The van der Waals surface area contributed by atoms with Gasteiger partial charge in [0.2, 0.25) is 5.95 Å². The molecule has 1 fully saturated rings. The van der Waals surface area contributed by atoms with Gasteiger partial charge in [-0.1, -0.05) is 42.5 Å². The molecule has 0 unspecified atom stereocenters. The number of fused-ring (bicyclic) bond motifs is 2. The van der Waals surface area contributed by atoms with Crippen LogP contribution < -0.4 is 5.32 Å². The summed E-state index contributed by atoms with van der Waals surface area (Å²) in [6, 6.07) is 23.5. The van der Waals surface area contributed by atoms with E-state index >= 15 is 0 Å². The molecule has 1 aliphatic heterocycles. The maximum atomic E-state index is 5.48. The normalized spacial score (nSPS) is 14.7. The molecule has 6 nitrogen and oxygen atoms in total. The van der Waals surface area contributed by atoms with Crippen LogP contribution in [0.25, 0.3) is 39.0 Å². The van der Waals surface area contributed by atoms with Crippen LogP contribution in [0.2, 0.25) is 0 Å². The molecule has 33 heavy (non-hydrogen) atoms. The molecular formula is C27H25N5O. The topological polar surface area (TPSA) is 64.9 Å². The predicted molar refractivity (Wildman–Crippen MR) is 132 cm³/mol. The first-order valence-corrected chi connectivity index (χ1v) is 11.4. The Morgan fingerprint density at radius 3 is 2.64 bits per heavy atom. The molecule has 1 N–H and O–H groups in total. The molecule has 0 radical (unpaired) electrons. The molecule has 0 atom stereocenters. The number of aromatic nitrogens is 4. The van der Waals surface area contributed by atoms with Crippen molar-refractivity contribution in [3.63, 3.8) is 0 Å². The number of anilines is 1. The first-order valence-electron chi connectivity index (χ1n) is 11.4. The van der Waals surface area contributed by atoms with E-state index in [1.807, 2.05) is 12.3 Å². The van der Waals surface area contributed by atoms with Crippen LogP contribution in [0.5, 0.6) is 0 Å². The van der Waals surface area contributed by atoms with Gasteiger partial charge in [-0.25, -0.2) is 9.97 Å². The molecule has 1 saturated heterocycles. The van der Waals surface area contributed by atoms with Crippen LogP contribution in [0, 0.1) is 6.92 Å². The van der Waals surface area contributed by atoms with Gasteiger partial charge in [-0.05, 0) is 60.4 Å². The molecule has 0 bridgehead atoms. The first kappa shape index (κ1) is 19.9. The minimum absolute atomic E-state index is 0.329. The number of hydrogen-bond acceptors (Lipinski definition) is 5. The third kappa shape index (κ3) is 3.83. The van der Waals surface area contributed by atoms with Gasteiger partial charge in [-0.15, -0.1) is 0 Å². The van der Waals surface area contributed by atoms with Crippen LogP contribution in [-0.4, -0.2) is 38.8 Å². The van der Waals surface area contributed by atoms with Gasteiger partial charge in [-0.2, -0.15) is 4.98 Å². The summed E-state index contributed by atoms with van der Waals surface area (Å²) in [5, 5.41) is 5.89. The molecule has 6 rings (SSSR count). The lowest BCUT2D eigenvalue weighted by molar-refractivity contribution is 0.0903. The van der Waals surface area contributed by atoms with Crippen LogP contribution in [0.1, 0.15) is 18.4 Å². The number of imidazole rings is 1. The van der Waals surface area contributed by atoms with Gasteiger partial charge in [0.05, 0.1) is 11.0 Å². The highest BCUT2D eigenvalue weighted by Crippen LogP contribution is 2.30. The molecule has 3 aromatic carbocycles. The lowest BCUT2D eigenvalue weighted by Crippen LogP contribution is -2.28. The van der Waals surface area contributed by atoms with Gasteiger partial charge >= 0.3 is 0 Å². The Morgan fingerprint density at radius 1 is 0.909 bits per heavy atom. The van der Waals surface area contributed by atoms with Crippen LogP contribution in [0.15, 0.2) is 72.9 Å². The third-order valence-corrected chi connectivity index (χ3v) is 6.24. The number of aryl methyl sites for hydroxylation is 1. The Labute approximate surface area is 192 Å². The van der Waals surface area contributed by atoms with Crippen molar-refractivity contribution in [2.75, 3.05) is 18.5 Å². The lowest BCUT2D eigenvalue weighted by Gasteiger charge is -2.23. The standard InChI is InChI=1S/C27H25N5O/c1-18-6-9-23-24(16-18)32(25-10-13-28-27(31-25)29-22-11-14-33-15-12-22)26(30-23)21-8-7-19-4-2-3-5-20(19)17-21/h2-10,13,16-17,22H,11-12,14-15H2,1H3,(H,28,29,31). The van der Waals surface area contributed by atoms with Crippen molar-refractivity contribution in [1.82, 2.24) is 19.5 Å². The van der Waals surface area contributed by atoms with Gasteiger partial charge in [0.25, 0.3) is 0 Å². The van der Waals surface area contributed by atoms with Gasteiger partial charge in [-0.3, -0.25) is 4.57 Å². The summed E-state index contributed by atoms with van der Waals surface area (Å²) in [6.07, 6.45) is 3.74. The van der Waals surface area contributed by atoms with Crippen LogP contribution in [0.3, 0.4) is 0 Å². The van der Waals surface area contributed by atoms with Crippen molar-refractivity contribution in [1.29, 1.82) is 0 Å². The van der Waals surface area contributed by atoms with Crippen molar-refractivity contribution < 1.29 is 4.74 Å². The summed E-state index contributed by atoms with van der Waals surface area (Å²) in [6.45, 7) is 3.65. The van der Waals surface area contributed by atoms with E-state index in [0.29, 0.717) is 12.0 Å². The molecule has 6 heteroatoms. The van der Waals surface area contributed by atoms with Gasteiger partial charge in [0.1, 0.15) is 11.6 Å². The summed E-state index contributed by atoms with van der Waals surface area (Å²) in [4.78, 5) is 14.4. The van der Waals surface area contributed by atoms with E-state index in [1.54, 1.807) is 0 Å². The number of ether oxygens (including phenoxy) is 1. The first-order chi connectivity index (χ1) is 16.2. The van der Waals surface area contributed by atoms with Crippen LogP contribution in [0.4, 0.5) is 5.95 Å². The summed E-state index contributed by atoms with van der Waals surface area (Å²) in [7, 11) is 0. The summed E-state index contributed by atoms with van der Waals surface area (Å²) in [5.74, 6) is 2.31. The fraction of sp³-hybridized carbons (Fsp3) is 0.222. The SMILES string of the molecule is Cc1ccc2nc(-c3ccc4ccccc4c3)n(-c3ccnc(NC4CCOCC4)n3)c2c1. The quantitative estimate of drug-likeness (QED) is 0.402. The van der Waals surface area contributed by atoms with Gasteiger partial charge < -0.3 is 10.1 Å². The van der Waals surface area contributed by atoms with E-state index in [-0.39, 0.29) is 0 Å². The maximum absolute atomic E-state index is 5.48. The zero-order valence-corrected chi connectivity index (χ0v) is 18.5. The Balaban J connectivity index is 1.49. The molecule has 2 aromatic heterocycles. The van der Waals surface area contributed by atoms with E-state index in [2.05, 4.69) is 82.5 Å². The average molecular weight is 436 g/mol. The zero-order chi connectivity index (χ0) is 22.2. The highest BCUT2D eigenvalue weighted by Gasteiger charge is 2.18. The molecule has 0 spiro atoms. The molecular weight excluding hydrogens is 410 g/mol. The second kappa shape index (κ2) is 8.30. The van der Waals surface area contributed by atoms with Crippen molar-refractivity contribution in [3.8, 4) is 17.2 Å². The second-order valence-electron chi connectivity index (χ2n) is 8.59. The highest BCUT2D eigenvalue weighted by molar-refractivity contribution is 5.89. The second-order valence-corrected chi connectivity index (χ2v) is 8.59.